The third kappa shape index (κ3) is 4.18. The number of sulfonamides is 1. The molecule has 106 valence electrons. The highest BCUT2D eigenvalue weighted by Crippen LogP contribution is 2.28. The van der Waals surface area contributed by atoms with Crippen LogP contribution in [0.1, 0.15) is 26.2 Å². The fourth-order valence-electron chi connectivity index (χ4n) is 1.48. The second-order valence-electron chi connectivity index (χ2n) is 4.01. The number of aromatic hydroxyl groups is 1. The number of nitrogens with one attached hydrogen (secondary N) is 1. The van der Waals surface area contributed by atoms with Crippen molar-refractivity contribution in [3.8, 4) is 5.75 Å². The van der Waals surface area contributed by atoms with Crippen molar-refractivity contribution in [2.45, 2.75) is 31.1 Å². The molecule has 1 rings (SSSR count). The minimum Gasteiger partial charge on any atom is -0.502 e. The molecule has 1 aromatic carbocycles. The summed E-state index contributed by atoms with van der Waals surface area (Å²) in [4.78, 5) is 9.57. The third-order valence-corrected chi connectivity index (χ3v) is 3.98. The van der Waals surface area contributed by atoms with Crippen LogP contribution in [0.3, 0.4) is 0 Å². The van der Waals surface area contributed by atoms with Gasteiger partial charge in [-0.05, 0) is 18.6 Å². The maximum absolute atomic E-state index is 11.9. The number of nitro groups is 1. The Morgan fingerprint density at radius 2 is 2.05 bits per heavy atom. The average Bonchev–Trinajstić information content (AvgIpc) is 2.34. The molecule has 7 nitrogen and oxygen atoms in total. The highest BCUT2D eigenvalue weighted by molar-refractivity contribution is 7.89. The van der Waals surface area contributed by atoms with Crippen LogP contribution in [0.5, 0.6) is 5.75 Å². The normalized spacial score (nSPS) is 11.4. The molecule has 0 atom stereocenters. The maximum Gasteiger partial charge on any atom is 0.312 e. The van der Waals surface area contributed by atoms with Crippen molar-refractivity contribution in [1.29, 1.82) is 0 Å². The lowest BCUT2D eigenvalue weighted by Crippen LogP contribution is -2.24. The Kier molecular flexibility index (Phi) is 5.25. The Morgan fingerprint density at radius 1 is 1.37 bits per heavy atom. The minimum absolute atomic E-state index is 0.228. The van der Waals surface area contributed by atoms with Gasteiger partial charge in [0.15, 0.2) is 5.75 Å². The van der Waals surface area contributed by atoms with Gasteiger partial charge in [0.2, 0.25) is 10.0 Å². The quantitative estimate of drug-likeness (QED) is 0.451. The molecule has 2 N–H and O–H groups in total. The molecule has 0 spiro atoms. The van der Waals surface area contributed by atoms with E-state index < -0.39 is 26.4 Å². The molecule has 8 heteroatoms. The Morgan fingerprint density at radius 3 is 2.63 bits per heavy atom. The summed E-state index contributed by atoms with van der Waals surface area (Å²) in [6, 6.07) is 2.97. The topological polar surface area (TPSA) is 110 Å². The zero-order valence-corrected chi connectivity index (χ0v) is 11.3. The van der Waals surface area contributed by atoms with Crippen LogP contribution in [0.4, 0.5) is 5.69 Å². The van der Waals surface area contributed by atoms with E-state index in [9.17, 15) is 23.6 Å². The molecule has 0 aliphatic rings. The number of rotatable bonds is 7. The second-order valence-corrected chi connectivity index (χ2v) is 5.78. The highest BCUT2D eigenvalue weighted by atomic mass is 32.2. The molecule has 0 saturated carbocycles. The molecule has 0 saturated heterocycles. The van der Waals surface area contributed by atoms with Gasteiger partial charge in [-0.2, -0.15) is 0 Å². The van der Waals surface area contributed by atoms with Crippen molar-refractivity contribution >= 4 is 15.7 Å². The summed E-state index contributed by atoms with van der Waals surface area (Å²) < 4.78 is 26.1. The largest absolute Gasteiger partial charge is 0.502 e. The van der Waals surface area contributed by atoms with E-state index in [1.807, 2.05) is 6.92 Å². The van der Waals surface area contributed by atoms with Gasteiger partial charge in [-0.3, -0.25) is 10.1 Å². The van der Waals surface area contributed by atoms with Gasteiger partial charge < -0.3 is 5.11 Å². The van der Waals surface area contributed by atoms with Crippen LogP contribution in [0, 0.1) is 10.1 Å². The first-order valence-electron chi connectivity index (χ1n) is 5.85. The number of nitro benzene ring substituents is 1. The van der Waals surface area contributed by atoms with Crippen molar-refractivity contribution in [3.05, 3.63) is 28.3 Å². The molecular weight excluding hydrogens is 272 g/mol. The number of hydrogen-bond acceptors (Lipinski definition) is 5. The molecule has 0 bridgehead atoms. The van der Waals surface area contributed by atoms with Gasteiger partial charge in [0, 0.05) is 12.6 Å². The number of unbranched alkanes of at least 4 members (excludes halogenated alkanes) is 2. The summed E-state index contributed by atoms with van der Waals surface area (Å²) >= 11 is 0. The monoisotopic (exact) mass is 288 g/mol. The van der Waals surface area contributed by atoms with Crippen LogP contribution in [0.25, 0.3) is 0 Å². The first-order valence-corrected chi connectivity index (χ1v) is 7.34. The van der Waals surface area contributed by atoms with Gasteiger partial charge in [-0.1, -0.05) is 19.8 Å². The van der Waals surface area contributed by atoms with E-state index in [-0.39, 0.29) is 11.4 Å². The van der Waals surface area contributed by atoms with E-state index >= 15 is 0 Å². The lowest BCUT2D eigenvalue weighted by molar-refractivity contribution is -0.386. The van der Waals surface area contributed by atoms with Crippen LogP contribution in [0.15, 0.2) is 23.1 Å². The summed E-state index contributed by atoms with van der Waals surface area (Å²) in [7, 11) is -3.78. The summed E-state index contributed by atoms with van der Waals surface area (Å²) in [5, 5.41) is 19.9. The zero-order valence-electron chi connectivity index (χ0n) is 10.5. The van der Waals surface area contributed by atoms with Crippen LogP contribution in [-0.4, -0.2) is 25.0 Å². The fraction of sp³-hybridized carbons (Fsp3) is 0.455. The molecule has 1 aromatic rings. The summed E-state index contributed by atoms with van der Waals surface area (Å²) in [6.07, 6.45) is 2.57. The van der Waals surface area contributed by atoms with Gasteiger partial charge in [-0.25, -0.2) is 13.1 Å². The Hall–Kier alpha value is -1.67. The number of phenols is 1. The predicted molar refractivity (Wildman–Crippen MR) is 69.5 cm³/mol. The molecule has 0 heterocycles. The second kappa shape index (κ2) is 6.48. The van der Waals surface area contributed by atoms with Gasteiger partial charge in [0.05, 0.1) is 9.82 Å². The number of phenolic OH excluding ortho intramolecular Hbond substituents is 1. The first-order chi connectivity index (χ1) is 8.88. The zero-order chi connectivity index (χ0) is 14.5. The van der Waals surface area contributed by atoms with E-state index in [0.29, 0.717) is 6.42 Å². The van der Waals surface area contributed by atoms with Crippen molar-refractivity contribution in [2.24, 2.45) is 0 Å². The molecule has 0 aliphatic heterocycles. The van der Waals surface area contributed by atoms with Gasteiger partial charge >= 0.3 is 5.69 Å². The van der Waals surface area contributed by atoms with E-state index in [0.717, 1.165) is 31.0 Å². The number of nitrogens with zero attached hydrogens (tertiary/aromatic N) is 1. The van der Waals surface area contributed by atoms with E-state index in [1.54, 1.807) is 0 Å². The van der Waals surface area contributed by atoms with Crippen LogP contribution >= 0.6 is 0 Å². The Balaban J connectivity index is 2.89. The van der Waals surface area contributed by atoms with Crippen molar-refractivity contribution in [1.82, 2.24) is 4.72 Å². The van der Waals surface area contributed by atoms with Crippen LogP contribution < -0.4 is 4.72 Å². The smallest absolute Gasteiger partial charge is 0.312 e. The van der Waals surface area contributed by atoms with Crippen LogP contribution in [-0.2, 0) is 10.0 Å². The molecule has 0 aromatic heterocycles. The van der Waals surface area contributed by atoms with Crippen molar-refractivity contribution in [3.63, 3.8) is 0 Å². The first kappa shape index (κ1) is 15.4. The molecule has 0 aliphatic carbocycles. The SMILES string of the molecule is CCCCCNS(=O)(=O)c1ccc(O)c([N+](=O)[O-])c1. The fourth-order valence-corrected chi connectivity index (χ4v) is 2.58. The standard InChI is InChI=1S/C11H16N2O5S/c1-2-3-4-7-12-19(17,18)9-5-6-11(14)10(8-9)13(15)16/h5-6,8,12,14H,2-4,7H2,1H3. The predicted octanol–water partition coefficient (Wildman–Crippen LogP) is 1.77. The molecule has 0 amide bonds. The molecule has 0 unspecified atom stereocenters. The Bertz CT molecular complexity index is 556. The number of hydrogen-bond donors (Lipinski definition) is 2. The molecule has 0 fully saturated rings. The molecule has 0 radical (unpaired) electrons. The lowest BCUT2D eigenvalue weighted by Gasteiger charge is -2.06. The van der Waals surface area contributed by atoms with E-state index in [4.69, 9.17) is 0 Å². The van der Waals surface area contributed by atoms with Crippen molar-refractivity contribution < 1.29 is 18.4 Å². The summed E-state index contributed by atoms with van der Waals surface area (Å²) in [5.74, 6) is -0.560. The third-order valence-electron chi connectivity index (χ3n) is 2.53. The minimum atomic E-state index is -3.78. The maximum atomic E-state index is 11.9. The Labute approximate surface area is 111 Å². The summed E-state index contributed by atoms with van der Waals surface area (Å²) in [5.41, 5.74) is -0.628. The number of benzene rings is 1. The average molecular weight is 288 g/mol. The van der Waals surface area contributed by atoms with Gasteiger partial charge in [-0.15, -0.1) is 0 Å². The highest BCUT2D eigenvalue weighted by Gasteiger charge is 2.20. The lowest BCUT2D eigenvalue weighted by atomic mass is 10.3. The molecular formula is C11H16N2O5S. The summed E-state index contributed by atoms with van der Waals surface area (Å²) in [6.45, 7) is 2.28. The van der Waals surface area contributed by atoms with Gasteiger partial charge in [0.1, 0.15) is 0 Å². The van der Waals surface area contributed by atoms with E-state index in [1.165, 1.54) is 0 Å². The molecule has 19 heavy (non-hydrogen) atoms. The van der Waals surface area contributed by atoms with Gasteiger partial charge in [0.25, 0.3) is 0 Å². The van der Waals surface area contributed by atoms with Crippen LogP contribution in [0.2, 0.25) is 0 Å². The van der Waals surface area contributed by atoms with Crippen molar-refractivity contribution in [2.75, 3.05) is 6.54 Å². The van der Waals surface area contributed by atoms with E-state index in [2.05, 4.69) is 4.72 Å².